The third-order valence-corrected chi connectivity index (χ3v) is 4.17. The summed E-state index contributed by atoms with van der Waals surface area (Å²) in [6, 6.07) is 7.03. The Bertz CT molecular complexity index is 718. The van der Waals surface area contributed by atoms with Gasteiger partial charge in [-0.05, 0) is 24.3 Å². The molecule has 2 amide bonds. The van der Waals surface area contributed by atoms with Crippen LogP contribution in [0.3, 0.4) is 0 Å². The van der Waals surface area contributed by atoms with Crippen molar-refractivity contribution in [3.05, 3.63) is 29.3 Å². The molecule has 0 radical (unpaired) electrons. The fraction of sp³-hybridized carbons (Fsp3) is 0.375. The van der Waals surface area contributed by atoms with E-state index < -0.39 is 0 Å². The standard InChI is InChI=1S/C16H19ClN4O3S/c1-10(2)14(23)19-8-7-18-13(22)9-25-16-21-20-15(24-16)11-3-5-12(17)6-4-11/h3-6,10H,7-9H2,1-2H3,(H,18,22)(H,19,23). The van der Waals surface area contributed by atoms with Crippen molar-refractivity contribution in [3.63, 3.8) is 0 Å². The van der Waals surface area contributed by atoms with Crippen LogP contribution in [-0.2, 0) is 9.59 Å². The number of thioether (sulfide) groups is 1. The highest BCUT2D eigenvalue weighted by molar-refractivity contribution is 7.99. The van der Waals surface area contributed by atoms with Gasteiger partial charge >= 0.3 is 0 Å². The van der Waals surface area contributed by atoms with Crippen molar-refractivity contribution in [3.8, 4) is 11.5 Å². The maximum Gasteiger partial charge on any atom is 0.277 e. The summed E-state index contributed by atoms with van der Waals surface area (Å²) < 4.78 is 5.50. The number of amides is 2. The number of carbonyl (C=O) groups is 2. The second-order valence-corrected chi connectivity index (χ2v) is 6.83. The number of aromatic nitrogens is 2. The number of rotatable bonds is 8. The molecule has 0 unspecified atom stereocenters. The zero-order valence-electron chi connectivity index (χ0n) is 13.9. The number of benzene rings is 1. The van der Waals surface area contributed by atoms with Crippen molar-refractivity contribution >= 4 is 35.2 Å². The zero-order valence-corrected chi connectivity index (χ0v) is 15.5. The van der Waals surface area contributed by atoms with E-state index in [1.54, 1.807) is 24.3 Å². The maximum absolute atomic E-state index is 11.8. The molecule has 2 aromatic rings. The molecule has 0 aliphatic rings. The first kappa shape index (κ1) is 19.3. The topological polar surface area (TPSA) is 97.1 Å². The summed E-state index contributed by atoms with van der Waals surface area (Å²) >= 11 is 6.99. The third kappa shape index (κ3) is 6.39. The predicted octanol–water partition coefficient (Wildman–Crippen LogP) is 2.37. The number of nitrogens with zero attached hydrogens (tertiary/aromatic N) is 2. The fourth-order valence-corrected chi connectivity index (χ4v) is 2.47. The van der Waals surface area contributed by atoms with Gasteiger partial charge in [0.1, 0.15) is 0 Å². The average molecular weight is 383 g/mol. The van der Waals surface area contributed by atoms with Crippen LogP contribution < -0.4 is 10.6 Å². The lowest BCUT2D eigenvalue weighted by Crippen LogP contribution is -2.36. The first-order valence-corrected chi connectivity index (χ1v) is 9.08. The normalized spacial score (nSPS) is 10.7. The average Bonchev–Trinajstić information content (AvgIpc) is 3.06. The van der Waals surface area contributed by atoms with Crippen molar-refractivity contribution in [1.29, 1.82) is 0 Å². The lowest BCUT2D eigenvalue weighted by molar-refractivity contribution is -0.124. The highest BCUT2D eigenvalue weighted by Gasteiger charge is 2.11. The molecule has 0 atom stereocenters. The third-order valence-electron chi connectivity index (χ3n) is 3.10. The van der Waals surface area contributed by atoms with Gasteiger partial charge < -0.3 is 15.1 Å². The van der Waals surface area contributed by atoms with Crippen molar-refractivity contribution in [2.45, 2.75) is 19.1 Å². The Morgan fingerprint density at radius 3 is 2.52 bits per heavy atom. The van der Waals surface area contributed by atoms with Crippen LogP contribution in [0.25, 0.3) is 11.5 Å². The van der Waals surface area contributed by atoms with Crippen LogP contribution in [-0.4, -0.2) is 40.9 Å². The molecule has 25 heavy (non-hydrogen) atoms. The van der Waals surface area contributed by atoms with Gasteiger partial charge in [-0.3, -0.25) is 9.59 Å². The summed E-state index contributed by atoms with van der Waals surface area (Å²) in [7, 11) is 0. The largest absolute Gasteiger partial charge is 0.411 e. The minimum Gasteiger partial charge on any atom is -0.411 e. The molecule has 0 aliphatic carbocycles. The first-order valence-electron chi connectivity index (χ1n) is 7.72. The fourth-order valence-electron chi connectivity index (χ4n) is 1.75. The second-order valence-electron chi connectivity index (χ2n) is 5.46. The van der Waals surface area contributed by atoms with E-state index in [-0.39, 0.29) is 23.5 Å². The van der Waals surface area contributed by atoms with Crippen LogP contribution in [0.2, 0.25) is 5.02 Å². The van der Waals surface area contributed by atoms with E-state index in [1.807, 2.05) is 13.8 Å². The molecular weight excluding hydrogens is 364 g/mol. The molecule has 1 heterocycles. The molecular formula is C16H19ClN4O3S. The molecule has 0 bridgehead atoms. The SMILES string of the molecule is CC(C)C(=O)NCCNC(=O)CSc1nnc(-c2ccc(Cl)cc2)o1. The quantitative estimate of drug-likeness (QED) is 0.537. The van der Waals surface area contributed by atoms with Gasteiger partial charge in [-0.25, -0.2) is 0 Å². The van der Waals surface area contributed by atoms with E-state index in [2.05, 4.69) is 20.8 Å². The van der Waals surface area contributed by atoms with Crippen LogP contribution in [0.5, 0.6) is 0 Å². The molecule has 1 aromatic heterocycles. The molecule has 1 aromatic carbocycles. The van der Waals surface area contributed by atoms with E-state index in [0.29, 0.717) is 29.2 Å². The Morgan fingerprint density at radius 2 is 1.84 bits per heavy atom. The van der Waals surface area contributed by atoms with E-state index in [4.69, 9.17) is 16.0 Å². The van der Waals surface area contributed by atoms with Crippen LogP contribution in [0, 0.1) is 5.92 Å². The summed E-state index contributed by atoms with van der Waals surface area (Å²) in [5.74, 6) is 0.245. The summed E-state index contributed by atoms with van der Waals surface area (Å²) in [5, 5.41) is 14.2. The number of hydrogen-bond donors (Lipinski definition) is 2. The molecule has 0 saturated carbocycles. The monoisotopic (exact) mass is 382 g/mol. The van der Waals surface area contributed by atoms with Gasteiger partial charge in [0.2, 0.25) is 17.7 Å². The Kier molecular flexibility index (Phi) is 7.27. The van der Waals surface area contributed by atoms with Crippen LogP contribution in [0.15, 0.2) is 33.9 Å². The molecule has 134 valence electrons. The Morgan fingerprint density at radius 1 is 1.16 bits per heavy atom. The van der Waals surface area contributed by atoms with Gasteiger partial charge in [0.25, 0.3) is 5.22 Å². The van der Waals surface area contributed by atoms with Crippen molar-refractivity contribution in [1.82, 2.24) is 20.8 Å². The Hall–Kier alpha value is -2.06. The van der Waals surface area contributed by atoms with E-state index in [1.165, 1.54) is 0 Å². The number of nitrogens with one attached hydrogen (secondary N) is 2. The van der Waals surface area contributed by atoms with Gasteiger partial charge in [-0.15, -0.1) is 10.2 Å². The lowest BCUT2D eigenvalue weighted by Gasteiger charge is -2.08. The van der Waals surface area contributed by atoms with Crippen LogP contribution >= 0.6 is 23.4 Å². The molecule has 2 N–H and O–H groups in total. The first-order chi connectivity index (χ1) is 12.0. The summed E-state index contributed by atoms with van der Waals surface area (Å²) in [5.41, 5.74) is 0.758. The minimum absolute atomic E-state index is 0.0378. The molecule has 9 heteroatoms. The zero-order chi connectivity index (χ0) is 18.2. The summed E-state index contributed by atoms with van der Waals surface area (Å²) in [6.45, 7) is 4.40. The Balaban J connectivity index is 1.71. The highest BCUT2D eigenvalue weighted by atomic mass is 35.5. The molecule has 0 saturated heterocycles. The van der Waals surface area contributed by atoms with Crippen LogP contribution in [0.4, 0.5) is 0 Å². The minimum atomic E-state index is -0.171. The highest BCUT2D eigenvalue weighted by Crippen LogP contribution is 2.24. The van der Waals surface area contributed by atoms with Gasteiger partial charge in [0.05, 0.1) is 5.75 Å². The van der Waals surface area contributed by atoms with Gasteiger partial charge in [0.15, 0.2) is 0 Å². The molecule has 0 fully saturated rings. The number of hydrogen-bond acceptors (Lipinski definition) is 6. The Labute approximate surface area is 154 Å². The smallest absolute Gasteiger partial charge is 0.277 e. The molecule has 0 spiro atoms. The number of carbonyl (C=O) groups excluding carboxylic acids is 2. The van der Waals surface area contributed by atoms with Gasteiger partial charge in [-0.2, -0.15) is 0 Å². The van der Waals surface area contributed by atoms with Crippen molar-refractivity contribution in [2.24, 2.45) is 5.92 Å². The summed E-state index contributed by atoms with van der Waals surface area (Å²) in [6.07, 6.45) is 0. The predicted molar refractivity (Wildman–Crippen MR) is 96.3 cm³/mol. The maximum atomic E-state index is 11.8. The van der Waals surface area contributed by atoms with E-state index in [9.17, 15) is 9.59 Å². The lowest BCUT2D eigenvalue weighted by atomic mass is 10.2. The van der Waals surface area contributed by atoms with Crippen molar-refractivity contribution in [2.75, 3.05) is 18.8 Å². The summed E-state index contributed by atoms with van der Waals surface area (Å²) in [4.78, 5) is 23.1. The second kappa shape index (κ2) is 9.43. The van der Waals surface area contributed by atoms with E-state index >= 15 is 0 Å². The van der Waals surface area contributed by atoms with Crippen molar-refractivity contribution < 1.29 is 14.0 Å². The molecule has 0 aliphatic heterocycles. The molecule has 2 rings (SSSR count). The molecule has 7 nitrogen and oxygen atoms in total. The number of halogens is 1. The van der Waals surface area contributed by atoms with Gasteiger partial charge in [-0.1, -0.05) is 37.2 Å². The van der Waals surface area contributed by atoms with Gasteiger partial charge in [0, 0.05) is 29.6 Å². The van der Waals surface area contributed by atoms with E-state index in [0.717, 1.165) is 17.3 Å². The van der Waals surface area contributed by atoms with Crippen LogP contribution in [0.1, 0.15) is 13.8 Å².